The molecule has 1 unspecified atom stereocenters. The van der Waals surface area contributed by atoms with Crippen molar-refractivity contribution in [3.63, 3.8) is 0 Å². The van der Waals surface area contributed by atoms with Gasteiger partial charge in [0.15, 0.2) is 0 Å². The molecule has 0 heterocycles. The largest absolute Gasteiger partial charge is 0.326 e. The molecule has 5 heteroatoms. The second kappa shape index (κ2) is 6.27. The SMILES string of the molecule is CC(C#N)CN(C)C(=O)Nc1cccc(C#N)c1. The summed E-state index contributed by atoms with van der Waals surface area (Å²) in [5.41, 5.74) is 1.05. The molecule has 0 saturated carbocycles. The molecule has 5 nitrogen and oxygen atoms in total. The monoisotopic (exact) mass is 242 g/mol. The van der Waals surface area contributed by atoms with Gasteiger partial charge < -0.3 is 10.2 Å². The maximum absolute atomic E-state index is 11.8. The van der Waals surface area contributed by atoms with E-state index in [1.54, 1.807) is 38.2 Å². The Kier molecular flexibility index (Phi) is 4.71. The first-order valence-corrected chi connectivity index (χ1v) is 5.48. The lowest BCUT2D eigenvalue weighted by Crippen LogP contribution is -2.34. The van der Waals surface area contributed by atoms with Crippen molar-refractivity contribution >= 4 is 11.7 Å². The van der Waals surface area contributed by atoms with Crippen molar-refractivity contribution in [2.75, 3.05) is 18.9 Å². The van der Waals surface area contributed by atoms with E-state index in [0.29, 0.717) is 17.8 Å². The number of anilines is 1. The van der Waals surface area contributed by atoms with Crippen molar-refractivity contribution in [1.82, 2.24) is 4.90 Å². The summed E-state index contributed by atoms with van der Waals surface area (Å²) < 4.78 is 0. The predicted molar refractivity (Wildman–Crippen MR) is 67.6 cm³/mol. The lowest BCUT2D eigenvalue weighted by Gasteiger charge is -2.18. The molecule has 0 bridgehead atoms. The van der Waals surface area contributed by atoms with Gasteiger partial charge in [0.25, 0.3) is 0 Å². The fourth-order valence-corrected chi connectivity index (χ4v) is 1.42. The van der Waals surface area contributed by atoms with Crippen LogP contribution >= 0.6 is 0 Å². The molecule has 1 atom stereocenters. The minimum absolute atomic E-state index is 0.216. The quantitative estimate of drug-likeness (QED) is 0.882. The maximum Gasteiger partial charge on any atom is 0.321 e. The van der Waals surface area contributed by atoms with E-state index in [-0.39, 0.29) is 11.9 Å². The van der Waals surface area contributed by atoms with Crippen LogP contribution in [0.1, 0.15) is 12.5 Å². The van der Waals surface area contributed by atoms with Crippen LogP contribution in [0.2, 0.25) is 0 Å². The Bertz CT molecular complexity index is 512. The van der Waals surface area contributed by atoms with Crippen molar-refractivity contribution in [3.05, 3.63) is 29.8 Å². The third-order valence-electron chi connectivity index (χ3n) is 2.36. The fourth-order valence-electron chi connectivity index (χ4n) is 1.42. The Hall–Kier alpha value is -2.53. The summed E-state index contributed by atoms with van der Waals surface area (Å²) in [5, 5.41) is 20.1. The third-order valence-corrected chi connectivity index (χ3v) is 2.36. The topological polar surface area (TPSA) is 79.9 Å². The standard InChI is InChI=1S/C13H14N4O/c1-10(7-14)9-17(2)13(18)16-12-5-3-4-11(6-12)8-15/h3-6,10H,9H2,1-2H3,(H,16,18). The minimum Gasteiger partial charge on any atom is -0.326 e. The first-order chi connectivity index (χ1) is 8.56. The summed E-state index contributed by atoms with van der Waals surface area (Å²) in [6.07, 6.45) is 0. The van der Waals surface area contributed by atoms with Gasteiger partial charge in [-0.3, -0.25) is 0 Å². The molecule has 0 aromatic heterocycles. The molecular weight excluding hydrogens is 228 g/mol. The van der Waals surface area contributed by atoms with Gasteiger partial charge in [-0.25, -0.2) is 4.79 Å². The zero-order valence-corrected chi connectivity index (χ0v) is 10.3. The number of nitrogens with one attached hydrogen (secondary N) is 1. The van der Waals surface area contributed by atoms with E-state index in [0.717, 1.165) is 0 Å². The molecule has 1 aromatic rings. The van der Waals surface area contributed by atoms with Crippen LogP contribution in [0.25, 0.3) is 0 Å². The molecule has 2 amide bonds. The van der Waals surface area contributed by atoms with Gasteiger partial charge in [-0.05, 0) is 25.1 Å². The summed E-state index contributed by atoms with van der Waals surface area (Å²) in [6.45, 7) is 2.11. The molecule has 0 spiro atoms. The second-order valence-electron chi connectivity index (χ2n) is 4.03. The number of rotatable bonds is 3. The van der Waals surface area contributed by atoms with Crippen LogP contribution in [0.15, 0.2) is 24.3 Å². The average molecular weight is 242 g/mol. The lowest BCUT2D eigenvalue weighted by molar-refractivity contribution is 0.219. The van der Waals surface area contributed by atoms with Crippen molar-refractivity contribution in [3.8, 4) is 12.1 Å². The zero-order chi connectivity index (χ0) is 13.5. The van der Waals surface area contributed by atoms with Crippen LogP contribution < -0.4 is 5.32 Å². The summed E-state index contributed by atoms with van der Waals surface area (Å²) in [6, 6.07) is 10.4. The van der Waals surface area contributed by atoms with Crippen molar-refractivity contribution in [2.45, 2.75) is 6.92 Å². The molecule has 1 aromatic carbocycles. The summed E-state index contributed by atoms with van der Waals surface area (Å²) in [5.74, 6) is -0.216. The molecule has 0 radical (unpaired) electrons. The van der Waals surface area contributed by atoms with Crippen LogP contribution in [-0.4, -0.2) is 24.5 Å². The minimum atomic E-state index is -0.299. The average Bonchev–Trinajstić information content (AvgIpc) is 2.38. The van der Waals surface area contributed by atoms with Crippen LogP contribution in [0.3, 0.4) is 0 Å². The molecule has 0 aliphatic rings. The van der Waals surface area contributed by atoms with E-state index in [1.807, 2.05) is 6.07 Å². The number of carbonyl (C=O) groups excluding carboxylic acids is 1. The van der Waals surface area contributed by atoms with Gasteiger partial charge in [0.1, 0.15) is 0 Å². The number of hydrogen-bond acceptors (Lipinski definition) is 3. The van der Waals surface area contributed by atoms with E-state index in [1.165, 1.54) is 4.90 Å². The molecule has 1 rings (SSSR count). The normalized spacial score (nSPS) is 10.9. The summed E-state index contributed by atoms with van der Waals surface area (Å²) >= 11 is 0. The predicted octanol–water partition coefficient (Wildman–Crippen LogP) is 2.18. The number of urea groups is 1. The van der Waals surface area contributed by atoms with Crippen LogP contribution in [0, 0.1) is 28.6 Å². The number of nitriles is 2. The van der Waals surface area contributed by atoms with E-state index in [2.05, 4.69) is 11.4 Å². The van der Waals surface area contributed by atoms with Crippen molar-refractivity contribution in [2.24, 2.45) is 5.92 Å². The van der Waals surface area contributed by atoms with Gasteiger partial charge in [0.05, 0.1) is 23.6 Å². The number of amides is 2. The van der Waals surface area contributed by atoms with Crippen molar-refractivity contribution < 1.29 is 4.79 Å². The number of benzene rings is 1. The third kappa shape index (κ3) is 3.80. The van der Waals surface area contributed by atoms with Gasteiger partial charge in [0.2, 0.25) is 0 Å². The van der Waals surface area contributed by atoms with Gasteiger partial charge >= 0.3 is 6.03 Å². The smallest absolute Gasteiger partial charge is 0.321 e. The number of nitrogens with zero attached hydrogens (tertiary/aromatic N) is 3. The molecule has 0 aliphatic heterocycles. The number of hydrogen-bond donors (Lipinski definition) is 1. The Morgan fingerprint density at radius 1 is 1.50 bits per heavy atom. The van der Waals surface area contributed by atoms with Gasteiger partial charge in [-0.1, -0.05) is 6.07 Å². The Morgan fingerprint density at radius 2 is 2.22 bits per heavy atom. The van der Waals surface area contributed by atoms with E-state index >= 15 is 0 Å². The molecule has 92 valence electrons. The maximum atomic E-state index is 11.8. The first-order valence-electron chi connectivity index (χ1n) is 5.48. The highest BCUT2D eigenvalue weighted by Crippen LogP contribution is 2.10. The van der Waals surface area contributed by atoms with Gasteiger partial charge in [-0.2, -0.15) is 10.5 Å². The highest BCUT2D eigenvalue weighted by Gasteiger charge is 2.12. The molecule has 0 saturated heterocycles. The van der Waals surface area contributed by atoms with E-state index in [9.17, 15) is 4.79 Å². The Morgan fingerprint density at radius 3 is 2.83 bits per heavy atom. The lowest BCUT2D eigenvalue weighted by atomic mass is 10.2. The first kappa shape index (κ1) is 13.5. The van der Waals surface area contributed by atoms with Gasteiger partial charge in [0, 0.05) is 19.3 Å². The zero-order valence-electron chi connectivity index (χ0n) is 10.3. The van der Waals surface area contributed by atoms with E-state index in [4.69, 9.17) is 10.5 Å². The molecular formula is C13H14N4O. The summed E-state index contributed by atoms with van der Waals surface area (Å²) in [4.78, 5) is 13.2. The fraction of sp³-hybridized carbons (Fsp3) is 0.308. The molecule has 18 heavy (non-hydrogen) atoms. The van der Waals surface area contributed by atoms with Crippen LogP contribution in [0.5, 0.6) is 0 Å². The Labute approximate surface area is 106 Å². The molecule has 0 aliphatic carbocycles. The second-order valence-corrected chi connectivity index (χ2v) is 4.03. The molecule has 1 N–H and O–H groups in total. The Balaban J connectivity index is 2.64. The highest BCUT2D eigenvalue weighted by atomic mass is 16.2. The highest BCUT2D eigenvalue weighted by molar-refractivity contribution is 5.89. The van der Waals surface area contributed by atoms with Crippen LogP contribution in [-0.2, 0) is 0 Å². The van der Waals surface area contributed by atoms with Crippen LogP contribution in [0.4, 0.5) is 10.5 Å². The number of carbonyl (C=O) groups is 1. The molecule has 0 fully saturated rings. The summed E-state index contributed by atoms with van der Waals surface area (Å²) in [7, 11) is 1.62. The van der Waals surface area contributed by atoms with Gasteiger partial charge in [-0.15, -0.1) is 0 Å². The van der Waals surface area contributed by atoms with Crippen molar-refractivity contribution in [1.29, 1.82) is 10.5 Å². The van der Waals surface area contributed by atoms with E-state index < -0.39 is 0 Å².